The van der Waals surface area contributed by atoms with Gasteiger partial charge in [0.05, 0.1) is 18.5 Å². The van der Waals surface area contributed by atoms with Crippen LogP contribution in [0.2, 0.25) is 0 Å². The van der Waals surface area contributed by atoms with E-state index < -0.39 is 0 Å². The molecule has 2 amide bonds. The number of aryl methyl sites for hydroxylation is 1. The van der Waals surface area contributed by atoms with Crippen molar-refractivity contribution in [1.82, 2.24) is 4.90 Å². The van der Waals surface area contributed by atoms with E-state index in [1.54, 1.807) is 0 Å². The minimum absolute atomic E-state index is 0.0318. The highest BCUT2D eigenvalue weighted by atomic mass is 16.2. The lowest BCUT2D eigenvalue weighted by molar-refractivity contribution is -0.139. The first-order valence-electron chi connectivity index (χ1n) is 8.49. The Bertz CT molecular complexity index is 687. The van der Waals surface area contributed by atoms with Gasteiger partial charge in [0.15, 0.2) is 0 Å². The minimum Gasteiger partial charge on any atom is -0.367 e. The molecule has 2 bridgehead atoms. The van der Waals surface area contributed by atoms with E-state index in [0.717, 1.165) is 5.69 Å². The third kappa shape index (κ3) is 1.78. The molecule has 6 rings (SSSR count). The minimum atomic E-state index is -0.0962. The maximum Gasteiger partial charge on any atom is 0.235 e. The first-order valence-corrected chi connectivity index (χ1v) is 8.49. The summed E-state index contributed by atoms with van der Waals surface area (Å²) in [7, 11) is 0. The van der Waals surface area contributed by atoms with Gasteiger partial charge in [-0.05, 0) is 49.1 Å². The zero-order chi connectivity index (χ0) is 15.7. The molecule has 4 heteroatoms. The van der Waals surface area contributed by atoms with E-state index >= 15 is 0 Å². The maximum absolute atomic E-state index is 12.8. The Balaban J connectivity index is 1.36. The monoisotopic (exact) mass is 308 g/mol. The number of hydrogen-bond acceptors (Lipinski definition) is 3. The van der Waals surface area contributed by atoms with Crippen molar-refractivity contribution in [3.05, 3.63) is 42.0 Å². The smallest absolute Gasteiger partial charge is 0.235 e. The summed E-state index contributed by atoms with van der Waals surface area (Å²) < 4.78 is 0. The van der Waals surface area contributed by atoms with E-state index in [-0.39, 0.29) is 30.3 Å². The normalized spacial score (nSPS) is 39.4. The molecule has 1 aliphatic heterocycles. The summed E-state index contributed by atoms with van der Waals surface area (Å²) in [6.45, 7) is 2.32. The number of benzene rings is 1. The predicted molar refractivity (Wildman–Crippen MR) is 86.2 cm³/mol. The highest BCUT2D eigenvalue weighted by Gasteiger charge is 2.66. The molecule has 3 fully saturated rings. The fraction of sp³-hybridized carbons (Fsp3) is 0.474. The van der Waals surface area contributed by atoms with Gasteiger partial charge in [-0.15, -0.1) is 0 Å². The standard InChI is InChI=1S/C19H20N2O2/c1-10-2-4-11(5-3-10)20-9-21-18(22)16-12-6-7-13(15-8-14(12)15)17(16)19(21)23/h2-7,12-17,20H,8-9H2,1H3/t12-,13-,14-,15-,16-,17+/m0/s1. The summed E-state index contributed by atoms with van der Waals surface area (Å²) in [4.78, 5) is 27.1. The largest absolute Gasteiger partial charge is 0.367 e. The van der Waals surface area contributed by atoms with Crippen molar-refractivity contribution in [2.24, 2.45) is 35.5 Å². The zero-order valence-corrected chi connectivity index (χ0v) is 13.1. The molecule has 0 radical (unpaired) electrons. The van der Waals surface area contributed by atoms with Crippen molar-refractivity contribution in [1.29, 1.82) is 0 Å². The molecule has 118 valence electrons. The van der Waals surface area contributed by atoms with Crippen molar-refractivity contribution in [3.8, 4) is 0 Å². The lowest BCUT2D eigenvalue weighted by atomic mass is 9.63. The Labute approximate surface area is 135 Å². The summed E-state index contributed by atoms with van der Waals surface area (Å²) in [6.07, 6.45) is 5.63. The number of hydrogen-bond donors (Lipinski definition) is 1. The van der Waals surface area contributed by atoms with E-state index in [2.05, 4.69) is 17.5 Å². The fourth-order valence-electron chi connectivity index (χ4n) is 5.02. The van der Waals surface area contributed by atoms with Crippen LogP contribution in [0.4, 0.5) is 5.69 Å². The van der Waals surface area contributed by atoms with Crippen LogP contribution in [0, 0.1) is 42.4 Å². The molecule has 6 atom stereocenters. The first kappa shape index (κ1) is 13.3. The quantitative estimate of drug-likeness (QED) is 0.689. The average molecular weight is 308 g/mol. The molecule has 1 heterocycles. The van der Waals surface area contributed by atoms with Gasteiger partial charge in [-0.2, -0.15) is 0 Å². The van der Waals surface area contributed by atoms with Crippen molar-refractivity contribution >= 4 is 17.5 Å². The second kappa shape index (κ2) is 4.47. The van der Waals surface area contributed by atoms with Gasteiger partial charge >= 0.3 is 0 Å². The molecular weight excluding hydrogens is 288 g/mol. The lowest BCUT2D eigenvalue weighted by Crippen LogP contribution is -2.40. The Morgan fingerprint density at radius 2 is 1.57 bits per heavy atom. The van der Waals surface area contributed by atoms with Gasteiger partial charge in [-0.3, -0.25) is 14.5 Å². The molecular formula is C19H20N2O2. The second-order valence-corrected chi connectivity index (χ2v) is 7.46. The van der Waals surface area contributed by atoms with Crippen molar-refractivity contribution in [3.63, 3.8) is 0 Å². The van der Waals surface area contributed by atoms with Crippen LogP contribution in [0.25, 0.3) is 0 Å². The average Bonchev–Trinajstić information content (AvgIpc) is 3.33. The van der Waals surface area contributed by atoms with Crippen molar-refractivity contribution in [2.45, 2.75) is 13.3 Å². The van der Waals surface area contributed by atoms with Gasteiger partial charge in [0, 0.05) is 5.69 Å². The van der Waals surface area contributed by atoms with E-state index in [1.807, 2.05) is 31.2 Å². The van der Waals surface area contributed by atoms with Crippen LogP contribution in [0.15, 0.2) is 36.4 Å². The molecule has 5 aliphatic rings. The van der Waals surface area contributed by atoms with Crippen LogP contribution in [0.5, 0.6) is 0 Å². The summed E-state index contributed by atoms with van der Waals surface area (Å²) in [5.41, 5.74) is 2.13. The van der Waals surface area contributed by atoms with E-state index in [1.165, 1.54) is 16.9 Å². The van der Waals surface area contributed by atoms with E-state index in [0.29, 0.717) is 23.7 Å². The number of carbonyl (C=O) groups is 2. The van der Waals surface area contributed by atoms with E-state index in [9.17, 15) is 9.59 Å². The number of anilines is 1. The van der Waals surface area contributed by atoms with Crippen molar-refractivity contribution in [2.75, 3.05) is 12.0 Å². The van der Waals surface area contributed by atoms with Gasteiger partial charge in [-0.1, -0.05) is 29.8 Å². The SMILES string of the molecule is Cc1ccc(NCN2C(=O)[C@@H]3[C@H]4C=C[C@@H]([C@@H]5C[C@@H]45)[C@@H]3C2=O)cc1. The maximum atomic E-state index is 12.8. The number of allylic oxidation sites excluding steroid dienone is 2. The molecule has 23 heavy (non-hydrogen) atoms. The third-order valence-corrected chi connectivity index (χ3v) is 6.25. The first-order chi connectivity index (χ1) is 11.1. The number of imide groups is 1. The van der Waals surface area contributed by atoms with Crippen LogP contribution >= 0.6 is 0 Å². The molecule has 0 unspecified atom stereocenters. The third-order valence-electron chi connectivity index (χ3n) is 6.25. The Kier molecular flexibility index (Phi) is 2.59. The van der Waals surface area contributed by atoms with Crippen LogP contribution in [0.3, 0.4) is 0 Å². The number of rotatable bonds is 3. The number of nitrogens with zero attached hydrogens (tertiary/aromatic N) is 1. The van der Waals surface area contributed by atoms with Crippen molar-refractivity contribution < 1.29 is 9.59 Å². The molecule has 1 aromatic carbocycles. The van der Waals surface area contributed by atoms with Crippen LogP contribution < -0.4 is 5.32 Å². The molecule has 1 N–H and O–H groups in total. The van der Waals surface area contributed by atoms with Crippen LogP contribution in [-0.4, -0.2) is 23.4 Å². The molecule has 1 aromatic rings. The van der Waals surface area contributed by atoms with Crippen LogP contribution in [0.1, 0.15) is 12.0 Å². The van der Waals surface area contributed by atoms with Crippen LogP contribution in [-0.2, 0) is 9.59 Å². The Morgan fingerprint density at radius 1 is 1.00 bits per heavy atom. The predicted octanol–water partition coefficient (Wildman–Crippen LogP) is 2.42. The summed E-state index contributed by atoms with van der Waals surface area (Å²) >= 11 is 0. The number of nitrogens with one attached hydrogen (secondary N) is 1. The van der Waals surface area contributed by atoms with Gasteiger partial charge in [0.25, 0.3) is 0 Å². The molecule has 2 saturated carbocycles. The van der Waals surface area contributed by atoms with Gasteiger partial charge in [0.2, 0.25) is 11.8 Å². The molecule has 4 nitrogen and oxygen atoms in total. The number of amides is 2. The van der Waals surface area contributed by atoms with Gasteiger partial charge < -0.3 is 5.32 Å². The Morgan fingerprint density at radius 3 is 2.13 bits per heavy atom. The highest BCUT2D eigenvalue weighted by molar-refractivity contribution is 6.06. The topological polar surface area (TPSA) is 49.4 Å². The second-order valence-electron chi connectivity index (χ2n) is 7.46. The molecule has 4 aliphatic carbocycles. The van der Waals surface area contributed by atoms with E-state index in [4.69, 9.17) is 0 Å². The number of likely N-dealkylation sites (tertiary alicyclic amines) is 1. The fourth-order valence-corrected chi connectivity index (χ4v) is 5.02. The molecule has 0 aromatic heterocycles. The number of carbonyl (C=O) groups excluding carboxylic acids is 2. The lowest BCUT2D eigenvalue weighted by Gasteiger charge is -2.37. The Hall–Kier alpha value is -2.10. The summed E-state index contributed by atoms with van der Waals surface area (Å²) in [5.74, 6) is 1.79. The molecule has 0 spiro atoms. The zero-order valence-electron chi connectivity index (χ0n) is 13.1. The van der Waals surface area contributed by atoms with Gasteiger partial charge in [-0.25, -0.2) is 0 Å². The summed E-state index contributed by atoms with van der Waals surface area (Å²) in [6, 6.07) is 8.00. The van der Waals surface area contributed by atoms with Gasteiger partial charge in [0.1, 0.15) is 0 Å². The highest BCUT2D eigenvalue weighted by Crippen LogP contribution is 2.65. The molecule has 1 saturated heterocycles. The summed E-state index contributed by atoms with van der Waals surface area (Å²) in [5, 5.41) is 3.22.